The molecule has 4 rings (SSSR count). The Morgan fingerprint density at radius 1 is 1.32 bits per heavy atom. The van der Waals surface area contributed by atoms with Crippen molar-refractivity contribution in [3.63, 3.8) is 0 Å². The molecule has 1 fully saturated rings. The lowest BCUT2D eigenvalue weighted by molar-refractivity contribution is 0.0473. The fourth-order valence-electron chi connectivity index (χ4n) is 3.06. The first-order valence-corrected chi connectivity index (χ1v) is 10.0. The van der Waals surface area contributed by atoms with E-state index in [1.807, 2.05) is 5.38 Å². The second-order valence-electron chi connectivity index (χ2n) is 6.11. The van der Waals surface area contributed by atoms with Crippen molar-refractivity contribution >= 4 is 33.6 Å². The van der Waals surface area contributed by atoms with Crippen LogP contribution in [0, 0.1) is 0 Å². The molecule has 1 aliphatic rings. The van der Waals surface area contributed by atoms with Crippen molar-refractivity contribution in [2.75, 3.05) is 0 Å². The first-order valence-electron chi connectivity index (χ1n) is 8.31. The van der Waals surface area contributed by atoms with Crippen molar-refractivity contribution in [3.8, 4) is 0 Å². The molecule has 1 saturated carbocycles. The first-order chi connectivity index (χ1) is 12.2. The molecule has 25 heavy (non-hydrogen) atoms. The molecule has 0 spiro atoms. The Labute approximate surface area is 152 Å². The topological polar surface area (TPSA) is 73.6 Å². The van der Waals surface area contributed by atoms with Gasteiger partial charge in [-0.2, -0.15) is 9.61 Å². The Balaban J connectivity index is 1.54. The number of thiophene rings is 1. The van der Waals surface area contributed by atoms with Gasteiger partial charge in [0, 0.05) is 12.0 Å². The van der Waals surface area contributed by atoms with E-state index in [0.29, 0.717) is 21.4 Å². The standard InChI is InChI=1S/C17H17N3O3S2/c21-14-9-12(10-23-16(22)13-7-4-8-24-13)18-17-20(14)19-15(25-17)11-5-2-1-3-6-11/h4,7-9,11H,1-3,5-6,10H2. The maximum Gasteiger partial charge on any atom is 0.348 e. The third kappa shape index (κ3) is 3.50. The highest BCUT2D eigenvalue weighted by atomic mass is 32.1. The van der Waals surface area contributed by atoms with Crippen LogP contribution in [-0.2, 0) is 11.3 Å². The van der Waals surface area contributed by atoms with Crippen LogP contribution in [0.1, 0.15) is 58.4 Å². The largest absolute Gasteiger partial charge is 0.455 e. The van der Waals surface area contributed by atoms with Crippen LogP contribution < -0.4 is 5.56 Å². The highest BCUT2D eigenvalue weighted by molar-refractivity contribution is 7.16. The Bertz CT molecular complexity index is 940. The molecule has 0 aromatic carbocycles. The summed E-state index contributed by atoms with van der Waals surface area (Å²) < 4.78 is 6.60. The summed E-state index contributed by atoms with van der Waals surface area (Å²) in [5, 5.41) is 7.27. The molecule has 0 saturated heterocycles. The lowest BCUT2D eigenvalue weighted by atomic mass is 9.90. The molecule has 3 heterocycles. The van der Waals surface area contributed by atoms with E-state index in [1.54, 1.807) is 12.1 Å². The number of carbonyl (C=O) groups is 1. The molecule has 130 valence electrons. The lowest BCUT2D eigenvalue weighted by Crippen LogP contribution is -2.17. The second-order valence-corrected chi connectivity index (χ2v) is 8.04. The van der Waals surface area contributed by atoms with Crippen molar-refractivity contribution in [1.29, 1.82) is 0 Å². The first kappa shape index (κ1) is 16.4. The number of rotatable bonds is 4. The molecule has 0 atom stereocenters. The fourth-order valence-corrected chi connectivity index (χ4v) is 4.77. The van der Waals surface area contributed by atoms with Crippen LogP contribution in [0.25, 0.3) is 4.96 Å². The zero-order chi connectivity index (χ0) is 17.2. The van der Waals surface area contributed by atoms with Crippen LogP contribution >= 0.6 is 22.7 Å². The minimum absolute atomic E-state index is 0.0147. The van der Waals surface area contributed by atoms with Crippen LogP contribution in [0.2, 0.25) is 0 Å². The Kier molecular flexibility index (Phi) is 4.63. The predicted octanol–water partition coefficient (Wildman–Crippen LogP) is 3.62. The van der Waals surface area contributed by atoms with Crippen LogP contribution in [-0.4, -0.2) is 20.6 Å². The molecule has 6 nitrogen and oxygen atoms in total. The number of carbonyl (C=O) groups excluding carboxylic acids is 1. The molecular formula is C17H17N3O3S2. The van der Waals surface area contributed by atoms with Gasteiger partial charge in [0.05, 0.1) is 5.69 Å². The van der Waals surface area contributed by atoms with E-state index in [1.165, 1.54) is 52.5 Å². The van der Waals surface area contributed by atoms with Crippen molar-refractivity contribution in [2.24, 2.45) is 0 Å². The molecule has 0 aliphatic heterocycles. The predicted molar refractivity (Wildman–Crippen MR) is 96.4 cm³/mol. The number of aromatic nitrogens is 3. The average molecular weight is 375 g/mol. The number of fused-ring (bicyclic) bond motifs is 1. The van der Waals surface area contributed by atoms with Gasteiger partial charge in [-0.25, -0.2) is 9.78 Å². The van der Waals surface area contributed by atoms with Gasteiger partial charge in [-0.05, 0) is 24.3 Å². The molecule has 8 heteroatoms. The molecule has 0 unspecified atom stereocenters. The molecule has 0 amide bonds. The van der Waals surface area contributed by atoms with Gasteiger partial charge in [0.1, 0.15) is 16.5 Å². The average Bonchev–Trinajstić information content (AvgIpc) is 3.30. The Hall–Kier alpha value is -2.06. The van der Waals surface area contributed by atoms with Crippen molar-refractivity contribution in [3.05, 3.63) is 49.5 Å². The number of esters is 1. The summed E-state index contributed by atoms with van der Waals surface area (Å²) in [6.45, 7) is -0.0147. The fraction of sp³-hybridized carbons (Fsp3) is 0.412. The third-order valence-electron chi connectivity index (χ3n) is 4.34. The quantitative estimate of drug-likeness (QED) is 0.651. The highest BCUT2D eigenvalue weighted by Crippen LogP contribution is 2.34. The lowest BCUT2D eigenvalue weighted by Gasteiger charge is -2.18. The zero-order valence-electron chi connectivity index (χ0n) is 13.5. The monoisotopic (exact) mass is 375 g/mol. The molecular weight excluding hydrogens is 358 g/mol. The Morgan fingerprint density at radius 3 is 2.92 bits per heavy atom. The smallest absolute Gasteiger partial charge is 0.348 e. The van der Waals surface area contributed by atoms with E-state index in [4.69, 9.17) is 4.74 Å². The third-order valence-corrected chi connectivity index (χ3v) is 6.26. The maximum absolute atomic E-state index is 12.3. The molecule has 1 aliphatic carbocycles. The minimum atomic E-state index is -0.399. The summed E-state index contributed by atoms with van der Waals surface area (Å²) in [6, 6.07) is 4.89. The molecule has 3 aromatic rings. The van der Waals surface area contributed by atoms with E-state index < -0.39 is 5.97 Å². The molecule has 0 radical (unpaired) electrons. The van der Waals surface area contributed by atoms with E-state index in [0.717, 1.165) is 17.8 Å². The van der Waals surface area contributed by atoms with Crippen molar-refractivity contribution in [2.45, 2.75) is 44.6 Å². The van der Waals surface area contributed by atoms with Gasteiger partial charge in [-0.15, -0.1) is 11.3 Å². The van der Waals surface area contributed by atoms with Gasteiger partial charge in [0.25, 0.3) is 5.56 Å². The molecule has 0 bridgehead atoms. The highest BCUT2D eigenvalue weighted by Gasteiger charge is 2.21. The van der Waals surface area contributed by atoms with E-state index in [2.05, 4.69) is 10.1 Å². The van der Waals surface area contributed by atoms with Crippen LogP contribution in [0.3, 0.4) is 0 Å². The SMILES string of the molecule is O=C(OCc1cc(=O)n2nc(C3CCCCC3)sc2n1)c1cccs1. The van der Waals surface area contributed by atoms with E-state index in [-0.39, 0.29) is 12.2 Å². The summed E-state index contributed by atoms with van der Waals surface area (Å²) in [4.78, 5) is 29.8. The number of ether oxygens (including phenoxy) is 1. The minimum Gasteiger partial charge on any atom is -0.455 e. The summed E-state index contributed by atoms with van der Waals surface area (Å²) >= 11 is 2.79. The van der Waals surface area contributed by atoms with Gasteiger partial charge in [-0.1, -0.05) is 36.7 Å². The summed E-state index contributed by atoms with van der Waals surface area (Å²) in [6.07, 6.45) is 5.96. The number of hydrogen-bond acceptors (Lipinski definition) is 7. The number of nitrogens with zero attached hydrogens (tertiary/aromatic N) is 3. The molecule has 3 aromatic heterocycles. The van der Waals surface area contributed by atoms with Crippen LogP contribution in [0.4, 0.5) is 0 Å². The zero-order valence-corrected chi connectivity index (χ0v) is 15.1. The summed E-state index contributed by atoms with van der Waals surface area (Å²) in [5.41, 5.74) is 0.222. The van der Waals surface area contributed by atoms with Gasteiger partial charge in [0.2, 0.25) is 4.96 Å². The van der Waals surface area contributed by atoms with Crippen LogP contribution in [0.5, 0.6) is 0 Å². The van der Waals surface area contributed by atoms with E-state index in [9.17, 15) is 9.59 Å². The van der Waals surface area contributed by atoms with Gasteiger partial charge < -0.3 is 4.74 Å². The van der Waals surface area contributed by atoms with Gasteiger partial charge in [-0.3, -0.25) is 4.79 Å². The van der Waals surface area contributed by atoms with Crippen LogP contribution in [0.15, 0.2) is 28.4 Å². The summed E-state index contributed by atoms with van der Waals surface area (Å²) in [7, 11) is 0. The van der Waals surface area contributed by atoms with Crippen molar-refractivity contribution < 1.29 is 9.53 Å². The van der Waals surface area contributed by atoms with E-state index >= 15 is 0 Å². The second kappa shape index (κ2) is 7.05. The number of hydrogen-bond donors (Lipinski definition) is 0. The van der Waals surface area contributed by atoms with Gasteiger partial charge >= 0.3 is 5.97 Å². The van der Waals surface area contributed by atoms with Gasteiger partial charge in [0.15, 0.2) is 0 Å². The maximum atomic E-state index is 12.3. The van der Waals surface area contributed by atoms with Crippen molar-refractivity contribution in [1.82, 2.24) is 14.6 Å². The Morgan fingerprint density at radius 2 is 2.16 bits per heavy atom. The molecule has 0 N–H and O–H groups in total. The summed E-state index contributed by atoms with van der Waals surface area (Å²) in [5.74, 6) is 0.0316. The normalized spacial score (nSPS) is 15.5.